The van der Waals surface area contributed by atoms with Crippen molar-refractivity contribution in [3.05, 3.63) is 193 Å². The van der Waals surface area contributed by atoms with Crippen LogP contribution in [0.15, 0.2) is 171 Å². The monoisotopic (exact) mass is 804 g/mol. The molecule has 0 bridgehead atoms. The van der Waals surface area contributed by atoms with Crippen molar-refractivity contribution in [2.45, 2.75) is 27.7 Å². The first-order valence-electron chi connectivity index (χ1n) is 20.4. The Balaban J connectivity index is 1.11. The lowest BCUT2D eigenvalue weighted by Crippen LogP contribution is -2.45. The van der Waals surface area contributed by atoms with E-state index in [1.54, 1.807) is 0 Å². The lowest BCUT2D eigenvalue weighted by molar-refractivity contribution is -0.00354. The molecule has 0 fully saturated rings. The van der Waals surface area contributed by atoms with Gasteiger partial charge in [0.1, 0.15) is 54.8 Å². The molecule has 8 nitrogen and oxygen atoms in total. The van der Waals surface area contributed by atoms with E-state index < -0.39 is 5.41 Å². The number of benzene rings is 4. The Kier molecular flexibility index (Phi) is 12.4. The van der Waals surface area contributed by atoms with E-state index in [1.165, 1.54) is 0 Å². The molecule has 0 atom stereocenters. The highest BCUT2D eigenvalue weighted by atomic mass is 16.5. The Labute approximate surface area is 357 Å². The fourth-order valence-corrected chi connectivity index (χ4v) is 7.52. The molecule has 4 heterocycles. The van der Waals surface area contributed by atoms with Crippen LogP contribution < -0.4 is 18.9 Å². The molecule has 304 valence electrons. The van der Waals surface area contributed by atoms with Crippen LogP contribution in [0.4, 0.5) is 0 Å². The van der Waals surface area contributed by atoms with Gasteiger partial charge in [-0.3, -0.25) is 19.9 Å². The number of ether oxygens (including phenoxy) is 4. The summed E-state index contributed by atoms with van der Waals surface area (Å²) in [6.07, 6.45) is 14.5. The Hall–Kier alpha value is -7.32. The summed E-state index contributed by atoms with van der Waals surface area (Å²) in [5.41, 5.74) is 12.5. The minimum atomic E-state index is -0.787. The predicted octanol–water partition coefficient (Wildman–Crippen LogP) is 11.8. The SMILES string of the molecule is Cc1cc(OCC(COc2ccc(-c3ccncc3)c(C)c2)(COc2ccc(-c3ccncc3)c(C)c2)COc2ccc(-c3ccncc3)c(C)c2)ccc1-c1ccncc1. The maximum Gasteiger partial charge on any atom is 0.119 e. The minimum absolute atomic E-state index is 0.247. The van der Waals surface area contributed by atoms with Crippen molar-refractivity contribution in [1.82, 2.24) is 19.9 Å². The van der Waals surface area contributed by atoms with Crippen molar-refractivity contribution < 1.29 is 18.9 Å². The lowest BCUT2D eigenvalue weighted by atomic mass is 9.91. The molecule has 0 saturated carbocycles. The summed E-state index contributed by atoms with van der Waals surface area (Å²) in [4.78, 5) is 16.8. The zero-order valence-corrected chi connectivity index (χ0v) is 34.9. The van der Waals surface area contributed by atoms with Crippen molar-refractivity contribution in [1.29, 1.82) is 0 Å². The summed E-state index contributed by atoms with van der Waals surface area (Å²) in [6.45, 7) is 9.37. The van der Waals surface area contributed by atoms with Crippen LogP contribution in [0.5, 0.6) is 23.0 Å². The molecule has 0 unspecified atom stereocenters. The molecule has 0 radical (unpaired) electrons. The summed E-state index contributed by atoms with van der Waals surface area (Å²) in [5.74, 6) is 2.97. The van der Waals surface area contributed by atoms with E-state index in [2.05, 4.69) is 96.2 Å². The van der Waals surface area contributed by atoms with E-state index in [4.69, 9.17) is 18.9 Å². The summed E-state index contributed by atoms with van der Waals surface area (Å²) in [7, 11) is 0. The largest absolute Gasteiger partial charge is 0.493 e. The normalized spacial score (nSPS) is 11.2. The van der Waals surface area contributed by atoms with Crippen molar-refractivity contribution in [2.75, 3.05) is 26.4 Å². The van der Waals surface area contributed by atoms with Gasteiger partial charge in [0, 0.05) is 49.6 Å². The van der Waals surface area contributed by atoms with Crippen molar-refractivity contribution in [3.63, 3.8) is 0 Å². The zero-order chi connectivity index (χ0) is 42.0. The number of hydrogen-bond donors (Lipinski definition) is 0. The van der Waals surface area contributed by atoms with Crippen LogP contribution in [0.25, 0.3) is 44.5 Å². The van der Waals surface area contributed by atoms with Gasteiger partial charge in [-0.15, -0.1) is 0 Å². The quantitative estimate of drug-likeness (QED) is 0.0954. The highest BCUT2D eigenvalue weighted by molar-refractivity contribution is 5.70. The molecule has 0 saturated heterocycles. The van der Waals surface area contributed by atoms with E-state index >= 15 is 0 Å². The van der Waals surface area contributed by atoms with Gasteiger partial charge in [-0.2, -0.15) is 0 Å². The van der Waals surface area contributed by atoms with Crippen LogP contribution in [-0.4, -0.2) is 46.4 Å². The van der Waals surface area contributed by atoms with E-state index in [0.29, 0.717) is 0 Å². The van der Waals surface area contributed by atoms with Gasteiger partial charge >= 0.3 is 0 Å². The zero-order valence-electron chi connectivity index (χ0n) is 34.9. The molecule has 0 aliphatic carbocycles. The number of aryl methyl sites for hydroxylation is 4. The highest BCUT2D eigenvalue weighted by Gasteiger charge is 2.36. The predicted molar refractivity (Wildman–Crippen MR) is 242 cm³/mol. The van der Waals surface area contributed by atoms with Crippen molar-refractivity contribution >= 4 is 0 Å². The topological polar surface area (TPSA) is 88.5 Å². The van der Waals surface area contributed by atoms with Crippen LogP contribution in [0, 0.1) is 33.1 Å². The molecule has 8 aromatic rings. The second-order valence-electron chi connectivity index (χ2n) is 15.5. The molecule has 4 aromatic carbocycles. The Morgan fingerprint density at radius 1 is 0.311 bits per heavy atom. The van der Waals surface area contributed by atoms with Gasteiger partial charge in [-0.1, -0.05) is 24.3 Å². The molecular formula is C53H48N4O4. The van der Waals surface area contributed by atoms with Gasteiger partial charge in [0.05, 0.1) is 0 Å². The molecule has 8 rings (SSSR count). The van der Waals surface area contributed by atoms with Crippen LogP contribution in [0.2, 0.25) is 0 Å². The van der Waals surface area contributed by atoms with Gasteiger partial charge in [0.15, 0.2) is 0 Å². The van der Waals surface area contributed by atoms with Crippen molar-refractivity contribution in [2.24, 2.45) is 5.41 Å². The van der Waals surface area contributed by atoms with Gasteiger partial charge in [-0.25, -0.2) is 0 Å². The molecular weight excluding hydrogens is 757 g/mol. The maximum absolute atomic E-state index is 6.74. The molecule has 0 aliphatic rings. The van der Waals surface area contributed by atoms with Crippen LogP contribution in [-0.2, 0) is 0 Å². The van der Waals surface area contributed by atoms with Crippen LogP contribution in [0.3, 0.4) is 0 Å². The summed E-state index contributed by atoms with van der Waals surface area (Å²) >= 11 is 0. The first kappa shape index (κ1) is 40.5. The Morgan fingerprint density at radius 3 is 0.721 bits per heavy atom. The Bertz CT molecular complexity index is 2320. The Morgan fingerprint density at radius 2 is 0.525 bits per heavy atom. The number of rotatable bonds is 16. The average molecular weight is 805 g/mol. The van der Waals surface area contributed by atoms with E-state index in [0.717, 1.165) is 89.8 Å². The first-order valence-corrected chi connectivity index (χ1v) is 20.4. The molecule has 4 aromatic heterocycles. The van der Waals surface area contributed by atoms with Gasteiger partial charge < -0.3 is 18.9 Å². The van der Waals surface area contributed by atoms with E-state index in [-0.39, 0.29) is 26.4 Å². The average Bonchev–Trinajstić information content (AvgIpc) is 3.30. The first-order chi connectivity index (χ1) is 29.8. The maximum atomic E-state index is 6.74. The number of pyridine rings is 4. The molecule has 0 spiro atoms. The third-order valence-corrected chi connectivity index (χ3v) is 10.9. The van der Waals surface area contributed by atoms with E-state index in [9.17, 15) is 0 Å². The third kappa shape index (κ3) is 9.94. The standard InChI is InChI=1S/C53H48N4O4/c1-37-29-45(5-9-49(37)41-13-21-54-22-14-41)58-33-53(34-59-46-6-10-50(38(2)30-46)42-15-23-55-24-16-42,35-60-47-7-11-51(39(3)31-47)43-17-25-56-26-18-43)36-61-48-8-12-52(40(4)32-48)44-19-27-57-28-20-44/h5-32H,33-36H2,1-4H3. The van der Waals surface area contributed by atoms with Crippen LogP contribution >= 0.6 is 0 Å². The molecule has 0 aliphatic heterocycles. The van der Waals surface area contributed by atoms with Gasteiger partial charge in [0.25, 0.3) is 0 Å². The lowest BCUT2D eigenvalue weighted by Gasteiger charge is -2.33. The second kappa shape index (κ2) is 18.7. The number of nitrogens with zero attached hydrogens (tertiary/aromatic N) is 4. The minimum Gasteiger partial charge on any atom is -0.493 e. The smallest absolute Gasteiger partial charge is 0.119 e. The van der Waals surface area contributed by atoms with E-state index in [1.807, 2.05) is 122 Å². The summed E-state index contributed by atoms with van der Waals surface area (Å²) in [5, 5.41) is 0. The second-order valence-corrected chi connectivity index (χ2v) is 15.5. The fourth-order valence-electron chi connectivity index (χ4n) is 7.52. The van der Waals surface area contributed by atoms with Crippen molar-refractivity contribution in [3.8, 4) is 67.5 Å². The van der Waals surface area contributed by atoms with Gasteiger partial charge in [-0.05, 0) is 192 Å². The molecule has 61 heavy (non-hydrogen) atoms. The third-order valence-electron chi connectivity index (χ3n) is 10.9. The number of aromatic nitrogens is 4. The molecule has 8 heteroatoms. The fraction of sp³-hybridized carbons (Fsp3) is 0.170. The van der Waals surface area contributed by atoms with Crippen LogP contribution in [0.1, 0.15) is 22.3 Å². The number of hydrogen-bond acceptors (Lipinski definition) is 8. The highest BCUT2D eigenvalue weighted by Crippen LogP contribution is 2.34. The summed E-state index contributed by atoms with van der Waals surface area (Å²) < 4.78 is 27.0. The summed E-state index contributed by atoms with van der Waals surface area (Å²) in [6, 6.07) is 40.9. The molecule has 0 N–H and O–H groups in total. The molecule has 0 amide bonds. The van der Waals surface area contributed by atoms with Gasteiger partial charge in [0.2, 0.25) is 0 Å².